The van der Waals surface area contributed by atoms with Crippen LogP contribution in [-0.4, -0.2) is 30.1 Å². The average Bonchev–Trinajstić information content (AvgIpc) is 2.78. The summed E-state index contributed by atoms with van der Waals surface area (Å²) in [6.45, 7) is 0. The number of hydrogen-bond donors (Lipinski definition) is 2. The van der Waals surface area contributed by atoms with Gasteiger partial charge in [0.2, 0.25) is 11.3 Å². The van der Waals surface area contributed by atoms with E-state index in [2.05, 4.69) is 26.5 Å². The molecule has 0 aliphatic heterocycles. The summed E-state index contributed by atoms with van der Waals surface area (Å²) >= 11 is 0. The van der Waals surface area contributed by atoms with Gasteiger partial charge >= 0.3 is 0 Å². The number of nitrogens with zero attached hydrogens (tertiary/aromatic N) is 4. The third kappa shape index (κ3) is 1.23. The zero-order valence-corrected chi connectivity index (χ0v) is 7.55. The predicted molar refractivity (Wildman–Crippen MR) is 51.5 cm³/mol. The summed E-state index contributed by atoms with van der Waals surface area (Å²) in [5.74, 6) is 0.211. The molecular weight excluding hydrogens is 194 g/mol. The van der Waals surface area contributed by atoms with Gasteiger partial charge in [-0.1, -0.05) is 0 Å². The second kappa shape index (κ2) is 2.81. The van der Waals surface area contributed by atoms with Crippen molar-refractivity contribution in [2.45, 2.75) is 0 Å². The molecule has 73 valence electrons. The number of phenols is 1. The lowest BCUT2D eigenvalue weighted by Crippen LogP contribution is -1.98. The van der Waals surface area contributed by atoms with Crippen molar-refractivity contribution in [2.75, 3.05) is 0 Å². The maximum absolute atomic E-state index is 9.13. The van der Waals surface area contributed by atoms with E-state index in [0.29, 0.717) is 11.3 Å². The van der Waals surface area contributed by atoms with E-state index in [1.807, 2.05) is 0 Å². The summed E-state index contributed by atoms with van der Waals surface area (Å²) in [6, 6.07) is 6.59. The van der Waals surface area contributed by atoms with E-state index in [9.17, 15) is 0 Å². The second-order valence-corrected chi connectivity index (χ2v) is 3.03. The lowest BCUT2D eigenvalue weighted by Gasteiger charge is -1.97. The van der Waals surface area contributed by atoms with Crippen molar-refractivity contribution in [2.24, 2.45) is 0 Å². The van der Waals surface area contributed by atoms with Crippen LogP contribution in [0.5, 0.6) is 5.75 Å². The van der Waals surface area contributed by atoms with E-state index in [-0.39, 0.29) is 5.75 Å². The van der Waals surface area contributed by atoms with Gasteiger partial charge in [0.1, 0.15) is 5.75 Å². The van der Waals surface area contributed by atoms with Gasteiger partial charge in [-0.2, -0.15) is 0 Å². The topological polar surface area (TPSA) is 79.6 Å². The highest BCUT2D eigenvalue weighted by molar-refractivity contribution is 5.63. The Morgan fingerprint density at radius 2 is 2.00 bits per heavy atom. The maximum Gasteiger partial charge on any atom is 0.221 e. The van der Waals surface area contributed by atoms with Crippen LogP contribution in [0.25, 0.3) is 17.0 Å². The smallest absolute Gasteiger partial charge is 0.221 e. The van der Waals surface area contributed by atoms with Crippen LogP contribution >= 0.6 is 0 Å². The Kier molecular flexibility index (Phi) is 1.49. The molecule has 1 radical (unpaired) electrons. The van der Waals surface area contributed by atoms with E-state index in [1.54, 1.807) is 24.3 Å². The van der Waals surface area contributed by atoms with Gasteiger partial charge in [-0.15, -0.1) is 15.0 Å². The zero-order valence-electron chi connectivity index (χ0n) is 7.55. The number of H-pyrrole nitrogens is 1. The fourth-order valence-electron chi connectivity index (χ4n) is 1.29. The van der Waals surface area contributed by atoms with Crippen LogP contribution in [0, 0.1) is 6.33 Å². The molecule has 0 saturated carbocycles. The number of rotatable bonds is 1. The van der Waals surface area contributed by atoms with Crippen molar-refractivity contribution in [1.29, 1.82) is 0 Å². The summed E-state index contributed by atoms with van der Waals surface area (Å²) in [7, 11) is 0. The molecule has 2 aromatic heterocycles. The Balaban J connectivity index is 2.13. The number of benzene rings is 1. The molecule has 0 bridgehead atoms. The van der Waals surface area contributed by atoms with Crippen molar-refractivity contribution < 1.29 is 5.11 Å². The molecule has 2 heterocycles. The van der Waals surface area contributed by atoms with E-state index in [4.69, 9.17) is 5.11 Å². The highest BCUT2D eigenvalue weighted by Crippen LogP contribution is 2.13. The quantitative estimate of drug-likeness (QED) is 0.604. The van der Waals surface area contributed by atoms with Gasteiger partial charge in [-0.25, -0.2) is 4.98 Å². The zero-order chi connectivity index (χ0) is 10.3. The lowest BCUT2D eigenvalue weighted by atomic mass is 10.3. The Labute approximate surface area is 84.2 Å². The Morgan fingerprint density at radius 3 is 2.73 bits per heavy atom. The molecule has 0 amide bonds. The summed E-state index contributed by atoms with van der Waals surface area (Å²) in [4.78, 5) is 8.05. The Bertz CT molecular complexity index is 566. The first-order valence-corrected chi connectivity index (χ1v) is 4.31. The summed E-state index contributed by atoms with van der Waals surface area (Å²) in [5.41, 5.74) is 1.87. The van der Waals surface area contributed by atoms with Crippen LogP contribution in [0.2, 0.25) is 0 Å². The molecule has 3 rings (SSSR count). The molecule has 0 saturated heterocycles. The van der Waals surface area contributed by atoms with Crippen LogP contribution in [0.1, 0.15) is 0 Å². The van der Waals surface area contributed by atoms with Gasteiger partial charge in [-0.05, 0) is 24.3 Å². The molecule has 15 heavy (non-hydrogen) atoms. The number of nitrogens with one attached hydrogen (secondary N) is 1. The first kappa shape index (κ1) is 7.98. The lowest BCUT2D eigenvalue weighted by molar-refractivity contribution is 0.475. The molecular formula is C9H6N5O. The van der Waals surface area contributed by atoms with Crippen LogP contribution in [-0.2, 0) is 0 Å². The minimum atomic E-state index is 0.211. The first-order chi connectivity index (χ1) is 7.33. The number of hydrogen-bond acceptors (Lipinski definition) is 4. The summed E-state index contributed by atoms with van der Waals surface area (Å²) < 4.78 is 0. The number of aromatic amines is 1. The maximum atomic E-state index is 9.13. The van der Waals surface area contributed by atoms with E-state index >= 15 is 0 Å². The third-order valence-corrected chi connectivity index (χ3v) is 2.01. The van der Waals surface area contributed by atoms with Crippen molar-refractivity contribution in [1.82, 2.24) is 25.0 Å². The SMILES string of the molecule is Oc1ccc(-n2nc3n[c][nH]c3n2)cc1. The Morgan fingerprint density at radius 1 is 1.20 bits per heavy atom. The van der Waals surface area contributed by atoms with Gasteiger partial charge in [0.05, 0.1) is 5.69 Å². The molecule has 0 atom stereocenters. The van der Waals surface area contributed by atoms with E-state index < -0.39 is 0 Å². The number of aromatic hydroxyl groups is 1. The van der Waals surface area contributed by atoms with E-state index in [0.717, 1.165) is 5.69 Å². The standard InChI is InChI=1S/C9H6N5O/c15-7-3-1-6(2-4-7)14-12-8-9(13-14)11-5-10-8/h1-4,15H,(H,10,11,12,13). The van der Waals surface area contributed by atoms with Crippen LogP contribution < -0.4 is 0 Å². The second-order valence-electron chi connectivity index (χ2n) is 3.03. The number of imidazole rings is 1. The van der Waals surface area contributed by atoms with Gasteiger partial charge < -0.3 is 10.1 Å². The molecule has 0 unspecified atom stereocenters. The largest absolute Gasteiger partial charge is 0.508 e. The fourth-order valence-corrected chi connectivity index (χ4v) is 1.29. The first-order valence-electron chi connectivity index (χ1n) is 4.31. The van der Waals surface area contributed by atoms with Gasteiger partial charge in [0.25, 0.3) is 0 Å². The molecule has 3 aromatic rings. The van der Waals surface area contributed by atoms with E-state index in [1.165, 1.54) is 4.80 Å². The van der Waals surface area contributed by atoms with Gasteiger partial charge in [0.15, 0.2) is 6.33 Å². The van der Waals surface area contributed by atoms with Crippen molar-refractivity contribution >= 4 is 11.3 Å². The molecule has 0 aliphatic carbocycles. The van der Waals surface area contributed by atoms with Crippen LogP contribution in [0.15, 0.2) is 24.3 Å². The van der Waals surface area contributed by atoms with Gasteiger partial charge in [0, 0.05) is 0 Å². The normalized spacial score (nSPS) is 10.9. The minimum Gasteiger partial charge on any atom is -0.508 e. The van der Waals surface area contributed by atoms with Crippen LogP contribution in [0.4, 0.5) is 0 Å². The summed E-state index contributed by atoms with van der Waals surface area (Å²) in [5, 5.41) is 17.4. The van der Waals surface area contributed by atoms with Crippen LogP contribution in [0.3, 0.4) is 0 Å². The number of aromatic nitrogens is 5. The highest BCUT2D eigenvalue weighted by atomic mass is 16.3. The van der Waals surface area contributed by atoms with Crippen molar-refractivity contribution in [3.05, 3.63) is 30.6 Å². The average molecular weight is 200 g/mol. The van der Waals surface area contributed by atoms with Crippen molar-refractivity contribution in [3.8, 4) is 11.4 Å². The molecule has 0 fully saturated rings. The highest BCUT2D eigenvalue weighted by Gasteiger charge is 2.05. The number of fused-ring (bicyclic) bond motifs is 1. The molecule has 6 nitrogen and oxygen atoms in total. The molecule has 1 aromatic carbocycles. The molecule has 0 spiro atoms. The molecule has 2 N–H and O–H groups in total. The molecule has 0 aliphatic rings. The predicted octanol–water partition coefficient (Wildman–Crippen LogP) is 0.649. The van der Waals surface area contributed by atoms with Crippen molar-refractivity contribution in [3.63, 3.8) is 0 Å². The fraction of sp³-hybridized carbons (Fsp3) is 0. The molecule has 6 heteroatoms. The monoisotopic (exact) mass is 200 g/mol. The third-order valence-electron chi connectivity index (χ3n) is 2.01. The van der Waals surface area contributed by atoms with Gasteiger partial charge in [-0.3, -0.25) is 0 Å². The number of phenolic OH excluding ortho intramolecular Hbond substituents is 1. The Hall–Kier alpha value is -2.37. The summed E-state index contributed by atoms with van der Waals surface area (Å²) in [6.07, 6.45) is 2.55. The minimum absolute atomic E-state index is 0.211.